The predicted molar refractivity (Wildman–Crippen MR) is 122 cm³/mol. The van der Waals surface area contributed by atoms with Crippen LogP contribution in [0.2, 0.25) is 0 Å². The minimum absolute atomic E-state index is 0.0164. The van der Waals surface area contributed by atoms with E-state index >= 15 is 0 Å². The number of fused-ring (bicyclic) bond motifs is 3. The topological polar surface area (TPSA) is 136 Å². The number of benzene rings is 3. The van der Waals surface area contributed by atoms with E-state index in [1.165, 1.54) is 44.3 Å². The second-order valence-electron chi connectivity index (χ2n) is 7.84. The molecular formula is C24H16N4O6. The second kappa shape index (κ2) is 7.34. The highest BCUT2D eigenvalue weighted by atomic mass is 16.6. The molecule has 0 atom stereocenters. The van der Waals surface area contributed by atoms with Crippen LogP contribution in [0.3, 0.4) is 0 Å². The summed E-state index contributed by atoms with van der Waals surface area (Å²) >= 11 is 0. The normalized spacial score (nSPS) is 12.9. The van der Waals surface area contributed by atoms with Crippen LogP contribution >= 0.6 is 0 Å². The van der Waals surface area contributed by atoms with E-state index in [4.69, 9.17) is 0 Å². The first-order chi connectivity index (χ1) is 16.2. The third-order valence-corrected chi connectivity index (χ3v) is 5.85. The lowest BCUT2D eigenvalue weighted by Crippen LogP contribution is -2.24. The van der Waals surface area contributed by atoms with Crippen LogP contribution in [0.1, 0.15) is 32.4 Å². The van der Waals surface area contributed by atoms with Gasteiger partial charge in [0.05, 0.1) is 21.6 Å². The van der Waals surface area contributed by atoms with Crippen molar-refractivity contribution in [2.24, 2.45) is 0 Å². The highest BCUT2D eigenvalue weighted by Gasteiger charge is 2.39. The molecule has 1 N–H and O–H groups in total. The molecule has 2 amide bonds. The van der Waals surface area contributed by atoms with E-state index in [1.54, 1.807) is 24.3 Å². The SMILES string of the molecule is CC(=O)n1nc(-c2ccccc2O)c2cc(-c3ccc([N+](=O)[O-])cc3)c3c(c21)C(=O)N(C)C3=O. The standard InChI is InChI=1S/C24H16N4O6/c1-12(29)27-22-17(21(25-27)15-5-3-4-6-18(15)30)11-16(13-7-9-14(10-8-13)28(33)34)19-20(22)24(32)26(2)23(19)31/h3-11,30H,1-2H3. The van der Waals surface area contributed by atoms with Gasteiger partial charge in [0, 0.05) is 37.1 Å². The third kappa shape index (κ3) is 2.89. The molecule has 10 nitrogen and oxygen atoms in total. The van der Waals surface area contributed by atoms with E-state index in [0.717, 1.165) is 9.58 Å². The van der Waals surface area contributed by atoms with Crippen LogP contribution in [-0.4, -0.2) is 49.5 Å². The molecule has 1 aliphatic rings. The van der Waals surface area contributed by atoms with Gasteiger partial charge in [0.15, 0.2) is 0 Å². The van der Waals surface area contributed by atoms with Gasteiger partial charge < -0.3 is 5.11 Å². The van der Waals surface area contributed by atoms with Crippen molar-refractivity contribution in [3.8, 4) is 28.1 Å². The minimum atomic E-state index is -0.597. The summed E-state index contributed by atoms with van der Waals surface area (Å²) in [6.45, 7) is 1.28. The fraction of sp³-hybridized carbons (Fsp3) is 0.0833. The number of amides is 2. The fourth-order valence-electron chi connectivity index (χ4n) is 4.23. The molecule has 0 radical (unpaired) electrons. The molecular weight excluding hydrogens is 440 g/mol. The summed E-state index contributed by atoms with van der Waals surface area (Å²) in [4.78, 5) is 50.2. The Kier molecular flexibility index (Phi) is 4.54. The summed E-state index contributed by atoms with van der Waals surface area (Å²) in [5, 5.41) is 26.3. The molecule has 168 valence electrons. The number of para-hydroxylation sites is 1. The maximum atomic E-state index is 13.1. The molecule has 0 unspecified atom stereocenters. The molecule has 4 aromatic rings. The van der Waals surface area contributed by atoms with Crippen LogP contribution in [0.25, 0.3) is 33.3 Å². The monoisotopic (exact) mass is 456 g/mol. The van der Waals surface area contributed by atoms with E-state index < -0.39 is 22.6 Å². The van der Waals surface area contributed by atoms with Crippen molar-refractivity contribution in [3.63, 3.8) is 0 Å². The molecule has 0 saturated carbocycles. The van der Waals surface area contributed by atoms with Gasteiger partial charge >= 0.3 is 0 Å². The number of phenolic OH excluding ortho intramolecular Hbond substituents is 1. The molecule has 0 bridgehead atoms. The molecule has 2 heterocycles. The number of non-ortho nitro benzene ring substituents is 1. The van der Waals surface area contributed by atoms with Gasteiger partial charge in [-0.15, -0.1) is 0 Å². The molecule has 10 heteroatoms. The molecule has 1 aliphatic heterocycles. The van der Waals surface area contributed by atoms with Gasteiger partial charge in [0.1, 0.15) is 11.4 Å². The summed E-state index contributed by atoms with van der Waals surface area (Å²) in [5.74, 6) is -1.71. The number of nitro groups is 1. The second-order valence-corrected chi connectivity index (χ2v) is 7.84. The number of hydrogen-bond donors (Lipinski definition) is 1. The lowest BCUT2D eigenvalue weighted by molar-refractivity contribution is -0.384. The lowest BCUT2D eigenvalue weighted by Gasteiger charge is -2.09. The van der Waals surface area contributed by atoms with Crippen molar-refractivity contribution in [1.82, 2.24) is 14.7 Å². The highest BCUT2D eigenvalue weighted by Crippen LogP contribution is 2.42. The Morgan fingerprint density at radius 2 is 1.65 bits per heavy atom. The Hall–Kier alpha value is -4.86. The molecule has 3 aromatic carbocycles. The number of rotatable bonds is 3. The third-order valence-electron chi connectivity index (χ3n) is 5.85. The zero-order valence-electron chi connectivity index (χ0n) is 18.0. The van der Waals surface area contributed by atoms with E-state index in [-0.39, 0.29) is 33.8 Å². The molecule has 0 aliphatic carbocycles. The molecule has 0 spiro atoms. The maximum Gasteiger partial charge on any atom is 0.269 e. The van der Waals surface area contributed by atoms with Crippen molar-refractivity contribution < 1.29 is 24.4 Å². The highest BCUT2D eigenvalue weighted by molar-refractivity contribution is 6.29. The summed E-state index contributed by atoms with van der Waals surface area (Å²) < 4.78 is 1.06. The Balaban J connectivity index is 1.93. The van der Waals surface area contributed by atoms with E-state index in [1.807, 2.05) is 0 Å². The number of carbonyl (C=O) groups is 3. The molecule has 0 saturated heterocycles. The largest absolute Gasteiger partial charge is 0.507 e. The fourth-order valence-corrected chi connectivity index (χ4v) is 4.23. The maximum absolute atomic E-state index is 13.1. The number of aromatic nitrogens is 2. The van der Waals surface area contributed by atoms with Crippen molar-refractivity contribution in [2.75, 3.05) is 7.05 Å². The van der Waals surface area contributed by atoms with Gasteiger partial charge in [0.2, 0.25) is 5.91 Å². The van der Waals surface area contributed by atoms with E-state index in [9.17, 15) is 29.6 Å². The van der Waals surface area contributed by atoms with Gasteiger partial charge in [-0.25, -0.2) is 0 Å². The molecule has 1 aromatic heterocycles. The smallest absolute Gasteiger partial charge is 0.269 e. The molecule has 34 heavy (non-hydrogen) atoms. The van der Waals surface area contributed by atoms with Crippen LogP contribution in [0.4, 0.5) is 5.69 Å². The summed E-state index contributed by atoms with van der Waals surface area (Å²) in [6.07, 6.45) is 0. The average molecular weight is 456 g/mol. The summed E-state index contributed by atoms with van der Waals surface area (Å²) in [6, 6.07) is 13.6. The first-order valence-corrected chi connectivity index (χ1v) is 10.2. The van der Waals surface area contributed by atoms with Crippen LogP contribution in [-0.2, 0) is 0 Å². The number of aromatic hydroxyl groups is 1. The van der Waals surface area contributed by atoms with Gasteiger partial charge in [-0.2, -0.15) is 9.78 Å². The minimum Gasteiger partial charge on any atom is -0.507 e. The Morgan fingerprint density at radius 3 is 2.26 bits per heavy atom. The quantitative estimate of drug-likeness (QED) is 0.281. The van der Waals surface area contributed by atoms with Crippen molar-refractivity contribution in [2.45, 2.75) is 6.92 Å². The molecule has 5 rings (SSSR count). The number of imide groups is 1. The van der Waals surface area contributed by atoms with Crippen LogP contribution < -0.4 is 0 Å². The van der Waals surface area contributed by atoms with Crippen molar-refractivity contribution in [3.05, 3.63) is 75.8 Å². The number of carbonyl (C=O) groups excluding carboxylic acids is 3. The van der Waals surface area contributed by atoms with Gasteiger partial charge in [-0.3, -0.25) is 29.4 Å². The number of nitro benzene ring substituents is 1. The number of hydrogen-bond acceptors (Lipinski definition) is 7. The average Bonchev–Trinajstić information content (AvgIpc) is 3.30. The van der Waals surface area contributed by atoms with Gasteiger partial charge in [0.25, 0.3) is 17.5 Å². The lowest BCUT2D eigenvalue weighted by atomic mass is 9.92. The van der Waals surface area contributed by atoms with Gasteiger partial charge in [-0.05, 0) is 41.5 Å². The zero-order valence-corrected chi connectivity index (χ0v) is 18.0. The number of nitrogens with zero attached hydrogens (tertiary/aromatic N) is 4. The van der Waals surface area contributed by atoms with Crippen LogP contribution in [0, 0.1) is 10.1 Å². The zero-order chi connectivity index (χ0) is 24.3. The number of phenols is 1. The molecule has 0 fully saturated rings. The van der Waals surface area contributed by atoms with Crippen LogP contribution in [0.5, 0.6) is 5.75 Å². The van der Waals surface area contributed by atoms with Gasteiger partial charge in [-0.1, -0.05) is 12.1 Å². The Morgan fingerprint density at radius 1 is 1.00 bits per heavy atom. The Bertz CT molecular complexity index is 1570. The van der Waals surface area contributed by atoms with Crippen molar-refractivity contribution in [1.29, 1.82) is 0 Å². The predicted octanol–water partition coefficient (Wildman–Crippen LogP) is 3.87. The van der Waals surface area contributed by atoms with E-state index in [0.29, 0.717) is 22.1 Å². The Labute approximate surface area is 191 Å². The van der Waals surface area contributed by atoms with Crippen molar-refractivity contribution >= 4 is 34.3 Å². The summed E-state index contributed by atoms with van der Waals surface area (Å²) in [7, 11) is 1.34. The summed E-state index contributed by atoms with van der Waals surface area (Å²) in [5.41, 5.74) is 1.56. The first-order valence-electron chi connectivity index (χ1n) is 10.2. The first kappa shape index (κ1) is 21.0. The van der Waals surface area contributed by atoms with E-state index in [2.05, 4.69) is 5.10 Å². The van der Waals surface area contributed by atoms with Crippen LogP contribution in [0.15, 0.2) is 54.6 Å².